The zero-order chi connectivity index (χ0) is 17.1. The lowest BCUT2D eigenvalue weighted by molar-refractivity contribution is -0.121. The van der Waals surface area contributed by atoms with Crippen LogP contribution < -0.4 is 5.32 Å². The fourth-order valence-electron chi connectivity index (χ4n) is 2.93. The van der Waals surface area contributed by atoms with Gasteiger partial charge in [-0.25, -0.2) is 0 Å². The van der Waals surface area contributed by atoms with Crippen molar-refractivity contribution in [3.05, 3.63) is 47.7 Å². The summed E-state index contributed by atoms with van der Waals surface area (Å²) in [6, 6.07) is 9.24. The predicted octanol–water partition coefficient (Wildman–Crippen LogP) is 2.71. The third-order valence-corrected chi connectivity index (χ3v) is 4.80. The van der Waals surface area contributed by atoms with E-state index in [0.717, 1.165) is 37.6 Å². The Kier molecular flexibility index (Phi) is 5.23. The van der Waals surface area contributed by atoms with Crippen LogP contribution in [0.2, 0.25) is 5.02 Å². The molecule has 0 unspecified atom stereocenters. The van der Waals surface area contributed by atoms with Crippen molar-refractivity contribution < 1.29 is 4.79 Å². The SMILES string of the molecule is C[C@@H](C(=O)Nc1ccc(Cl)cc1-n1cccc1)N1CCN(C)CC1. The first-order chi connectivity index (χ1) is 11.5. The lowest BCUT2D eigenvalue weighted by Gasteiger charge is -2.35. The number of carbonyl (C=O) groups excluding carboxylic acids is 1. The molecule has 0 radical (unpaired) electrons. The maximum Gasteiger partial charge on any atom is 0.241 e. The third-order valence-electron chi connectivity index (χ3n) is 4.57. The Labute approximate surface area is 147 Å². The molecule has 1 aromatic carbocycles. The number of rotatable bonds is 4. The number of piperazine rings is 1. The molecule has 1 amide bonds. The van der Waals surface area contributed by atoms with Gasteiger partial charge in [-0.15, -0.1) is 0 Å². The smallest absolute Gasteiger partial charge is 0.241 e. The van der Waals surface area contributed by atoms with Gasteiger partial charge in [-0.2, -0.15) is 0 Å². The number of amides is 1. The molecule has 1 aliphatic heterocycles. The molecule has 6 heteroatoms. The van der Waals surface area contributed by atoms with Crippen molar-refractivity contribution in [1.29, 1.82) is 0 Å². The molecule has 0 saturated carbocycles. The molecule has 1 fully saturated rings. The van der Waals surface area contributed by atoms with E-state index < -0.39 is 0 Å². The Morgan fingerprint density at radius 2 is 1.83 bits per heavy atom. The lowest BCUT2D eigenvalue weighted by atomic mass is 10.2. The van der Waals surface area contributed by atoms with Crippen LogP contribution >= 0.6 is 11.6 Å². The number of nitrogens with one attached hydrogen (secondary N) is 1. The molecule has 2 aromatic rings. The number of hydrogen-bond acceptors (Lipinski definition) is 3. The van der Waals surface area contributed by atoms with Crippen molar-refractivity contribution in [2.24, 2.45) is 0 Å². The highest BCUT2D eigenvalue weighted by Gasteiger charge is 2.25. The number of benzene rings is 1. The largest absolute Gasteiger partial charge is 0.323 e. The van der Waals surface area contributed by atoms with Gasteiger partial charge in [0.05, 0.1) is 17.4 Å². The number of aromatic nitrogens is 1. The highest BCUT2D eigenvalue weighted by atomic mass is 35.5. The molecule has 0 bridgehead atoms. The number of anilines is 1. The van der Waals surface area contributed by atoms with Gasteiger partial charge in [-0.05, 0) is 44.3 Å². The Bertz CT molecular complexity index is 693. The van der Waals surface area contributed by atoms with E-state index in [9.17, 15) is 4.79 Å². The molecule has 2 heterocycles. The molecule has 128 valence electrons. The number of hydrogen-bond donors (Lipinski definition) is 1. The average Bonchev–Trinajstić information content (AvgIpc) is 3.11. The summed E-state index contributed by atoms with van der Waals surface area (Å²) in [6.07, 6.45) is 3.87. The molecule has 0 spiro atoms. The van der Waals surface area contributed by atoms with Gasteiger partial charge in [0.2, 0.25) is 5.91 Å². The monoisotopic (exact) mass is 346 g/mol. The van der Waals surface area contributed by atoms with Crippen LogP contribution in [-0.2, 0) is 4.79 Å². The molecule has 1 atom stereocenters. The quantitative estimate of drug-likeness (QED) is 0.925. The van der Waals surface area contributed by atoms with E-state index in [2.05, 4.69) is 22.2 Å². The molecular weight excluding hydrogens is 324 g/mol. The minimum Gasteiger partial charge on any atom is -0.323 e. The molecule has 1 aliphatic rings. The van der Waals surface area contributed by atoms with Crippen molar-refractivity contribution >= 4 is 23.2 Å². The number of carbonyl (C=O) groups is 1. The van der Waals surface area contributed by atoms with Crippen LogP contribution in [0.25, 0.3) is 5.69 Å². The first-order valence-corrected chi connectivity index (χ1v) is 8.59. The second-order valence-electron chi connectivity index (χ2n) is 6.26. The topological polar surface area (TPSA) is 40.5 Å². The molecule has 1 aromatic heterocycles. The number of nitrogens with zero attached hydrogens (tertiary/aromatic N) is 3. The average molecular weight is 347 g/mol. The van der Waals surface area contributed by atoms with E-state index in [1.165, 1.54) is 0 Å². The van der Waals surface area contributed by atoms with E-state index >= 15 is 0 Å². The highest BCUT2D eigenvalue weighted by Crippen LogP contribution is 2.25. The van der Waals surface area contributed by atoms with Crippen LogP contribution in [0, 0.1) is 0 Å². The summed E-state index contributed by atoms with van der Waals surface area (Å²) < 4.78 is 1.95. The number of likely N-dealkylation sites (N-methyl/N-ethyl adjacent to an activating group) is 1. The molecular formula is C18H23ClN4O. The minimum absolute atomic E-state index is 0.00952. The summed E-state index contributed by atoms with van der Waals surface area (Å²) in [6.45, 7) is 5.78. The van der Waals surface area contributed by atoms with Crippen LogP contribution in [0.5, 0.6) is 0 Å². The fourth-order valence-corrected chi connectivity index (χ4v) is 3.10. The van der Waals surface area contributed by atoms with Gasteiger partial charge in [-0.3, -0.25) is 9.69 Å². The summed E-state index contributed by atoms with van der Waals surface area (Å²) >= 11 is 6.13. The van der Waals surface area contributed by atoms with Crippen molar-refractivity contribution in [3.63, 3.8) is 0 Å². The second kappa shape index (κ2) is 7.38. The van der Waals surface area contributed by atoms with Gasteiger partial charge in [0.25, 0.3) is 0 Å². The fraction of sp³-hybridized carbons (Fsp3) is 0.389. The van der Waals surface area contributed by atoms with Crippen LogP contribution in [0.3, 0.4) is 0 Å². The van der Waals surface area contributed by atoms with Crippen LogP contribution in [0.1, 0.15) is 6.92 Å². The number of halogens is 1. The zero-order valence-electron chi connectivity index (χ0n) is 14.1. The molecule has 0 aliphatic carbocycles. The molecule has 1 saturated heterocycles. The highest BCUT2D eigenvalue weighted by molar-refractivity contribution is 6.31. The van der Waals surface area contributed by atoms with E-state index in [1.54, 1.807) is 6.07 Å². The van der Waals surface area contributed by atoms with Gasteiger partial charge in [0.15, 0.2) is 0 Å². The first-order valence-electron chi connectivity index (χ1n) is 8.21. The van der Waals surface area contributed by atoms with Crippen LogP contribution in [0.15, 0.2) is 42.7 Å². The van der Waals surface area contributed by atoms with Gasteiger partial charge in [0.1, 0.15) is 0 Å². The molecule has 24 heavy (non-hydrogen) atoms. The summed E-state index contributed by atoms with van der Waals surface area (Å²) in [5.74, 6) is 0.00952. The van der Waals surface area contributed by atoms with E-state index in [1.807, 2.05) is 48.1 Å². The van der Waals surface area contributed by atoms with Crippen molar-refractivity contribution in [2.75, 3.05) is 38.5 Å². The van der Waals surface area contributed by atoms with Gasteiger partial charge in [0, 0.05) is 43.6 Å². The molecule has 3 rings (SSSR count). The van der Waals surface area contributed by atoms with Gasteiger partial charge in [-0.1, -0.05) is 11.6 Å². The molecule has 5 nitrogen and oxygen atoms in total. The van der Waals surface area contributed by atoms with E-state index in [-0.39, 0.29) is 11.9 Å². The van der Waals surface area contributed by atoms with Crippen molar-refractivity contribution in [3.8, 4) is 5.69 Å². The maximum atomic E-state index is 12.7. The Morgan fingerprint density at radius 3 is 2.50 bits per heavy atom. The Hall–Kier alpha value is -1.82. The summed E-state index contributed by atoms with van der Waals surface area (Å²) in [5.41, 5.74) is 1.63. The van der Waals surface area contributed by atoms with Crippen LogP contribution in [0.4, 0.5) is 5.69 Å². The minimum atomic E-state index is -0.160. The van der Waals surface area contributed by atoms with Crippen LogP contribution in [-0.4, -0.2) is 59.5 Å². The first kappa shape index (κ1) is 17.0. The Balaban J connectivity index is 1.75. The third kappa shape index (κ3) is 3.80. The zero-order valence-corrected chi connectivity index (χ0v) is 14.8. The standard InChI is InChI=1S/C18H23ClN4O/c1-14(22-11-9-21(2)10-12-22)18(24)20-16-6-5-15(19)13-17(16)23-7-3-4-8-23/h3-8,13-14H,9-12H2,1-2H3,(H,20,24)/t14-/m0/s1. The summed E-state index contributed by atoms with van der Waals surface area (Å²) in [4.78, 5) is 17.2. The Morgan fingerprint density at radius 1 is 1.17 bits per heavy atom. The second-order valence-corrected chi connectivity index (χ2v) is 6.69. The lowest BCUT2D eigenvalue weighted by Crippen LogP contribution is -2.51. The molecule has 1 N–H and O–H groups in total. The van der Waals surface area contributed by atoms with Gasteiger partial charge >= 0.3 is 0 Å². The van der Waals surface area contributed by atoms with E-state index in [4.69, 9.17) is 11.6 Å². The normalized spacial score (nSPS) is 17.6. The summed E-state index contributed by atoms with van der Waals surface area (Å²) in [5, 5.41) is 3.70. The van der Waals surface area contributed by atoms with Crippen molar-refractivity contribution in [2.45, 2.75) is 13.0 Å². The maximum absolute atomic E-state index is 12.7. The summed E-state index contributed by atoms with van der Waals surface area (Å²) in [7, 11) is 2.11. The predicted molar refractivity (Wildman–Crippen MR) is 97.9 cm³/mol. The van der Waals surface area contributed by atoms with E-state index in [0.29, 0.717) is 5.02 Å². The van der Waals surface area contributed by atoms with Gasteiger partial charge < -0.3 is 14.8 Å². The van der Waals surface area contributed by atoms with Crippen molar-refractivity contribution in [1.82, 2.24) is 14.4 Å².